The van der Waals surface area contributed by atoms with Gasteiger partial charge in [0, 0.05) is 17.1 Å². The van der Waals surface area contributed by atoms with E-state index in [1.54, 1.807) is 30.8 Å². The number of thiazole rings is 1. The van der Waals surface area contributed by atoms with Crippen molar-refractivity contribution in [3.63, 3.8) is 0 Å². The molecule has 0 aliphatic rings. The van der Waals surface area contributed by atoms with Crippen molar-refractivity contribution < 1.29 is 9.53 Å². The first-order valence-corrected chi connectivity index (χ1v) is 6.24. The number of nitrogens with zero attached hydrogens (tertiary/aromatic N) is 1. The van der Waals surface area contributed by atoms with Gasteiger partial charge in [-0.2, -0.15) is 0 Å². The van der Waals surface area contributed by atoms with Crippen molar-refractivity contribution in [3.8, 4) is 5.75 Å². The lowest BCUT2D eigenvalue weighted by molar-refractivity contribution is 0.0951. The number of amides is 1. The van der Waals surface area contributed by atoms with Gasteiger partial charge >= 0.3 is 0 Å². The highest BCUT2D eigenvalue weighted by atomic mass is 32.1. The van der Waals surface area contributed by atoms with Gasteiger partial charge in [0.15, 0.2) is 0 Å². The quantitative estimate of drug-likeness (QED) is 0.822. The molecule has 0 aliphatic heterocycles. The van der Waals surface area contributed by atoms with Crippen LogP contribution in [0.4, 0.5) is 5.69 Å². The van der Waals surface area contributed by atoms with Gasteiger partial charge in [-0.15, -0.1) is 11.3 Å². The SMILES string of the molecule is COc1ccc(C(=O)NCc2cscn2)c(N)c1. The smallest absolute Gasteiger partial charge is 0.253 e. The fourth-order valence-corrected chi connectivity index (χ4v) is 2.02. The number of aromatic nitrogens is 1. The summed E-state index contributed by atoms with van der Waals surface area (Å²) in [6, 6.07) is 4.97. The van der Waals surface area contributed by atoms with Crippen molar-refractivity contribution in [1.29, 1.82) is 0 Å². The predicted octanol–water partition coefficient (Wildman–Crippen LogP) is 1.66. The van der Waals surface area contributed by atoms with E-state index >= 15 is 0 Å². The number of nitrogens with one attached hydrogen (secondary N) is 1. The third-order valence-corrected chi connectivity index (χ3v) is 3.05. The van der Waals surface area contributed by atoms with Crippen molar-refractivity contribution in [3.05, 3.63) is 40.3 Å². The third-order valence-electron chi connectivity index (χ3n) is 2.42. The Labute approximate surface area is 109 Å². The summed E-state index contributed by atoms with van der Waals surface area (Å²) in [5.74, 6) is 0.409. The molecule has 0 saturated carbocycles. The van der Waals surface area contributed by atoms with Crippen LogP contribution in [0.15, 0.2) is 29.1 Å². The van der Waals surface area contributed by atoms with Gasteiger partial charge in [-0.05, 0) is 12.1 Å². The van der Waals surface area contributed by atoms with Gasteiger partial charge in [0.25, 0.3) is 5.91 Å². The van der Waals surface area contributed by atoms with E-state index in [0.29, 0.717) is 23.5 Å². The Hall–Kier alpha value is -2.08. The lowest BCUT2D eigenvalue weighted by Gasteiger charge is -2.08. The maximum absolute atomic E-state index is 11.9. The van der Waals surface area contributed by atoms with Crippen LogP contribution >= 0.6 is 11.3 Å². The van der Waals surface area contributed by atoms with Gasteiger partial charge in [-0.1, -0.05) is 0 Å². The largest absolute Gasteiger partial charge is 0.497 e. The average molecular weight is 263 g/mol. The van der Waals surface area contributed by atoms with Gasteiger partial charge in [-0.3, -0.25) is 4.79 Å². The molecule has 0 unspecified atom stereocenters. The van der Waals surface area contributed by atoms with Crippen LogP contribution in [0, 0.1) is 0 Å². The Balaban J connectivity index is 2.04. The van der Waals surface area contributed by atoms with Crippen LogP contribution in [-0.4, -0.2) is 18.0 Å². The monoisotopic (exact) mass is 263 g/mol. The second kappa shape index (κ2) is 5.50. The van der Waals surface area contributed by atoms with Gasteiger partial charge in [0.05, 0.1) is 30.4 Å². The van der Waals surface area contributed by atoms with Crippen LogP contribution in [0.2, 0.25) is 0 Å². The Morgan fingerprint density at radius 3 is 3.00 bits per heavy atom. The minimum absolute atomic E-state index is 0.219. The molecular formula is C12H13N3O2S. The number of anilines is 1. The molecule has 5 nitrogen and oxygen atoms in total. The van der Waals surface area contributed by atoms with E-state index in [-0.39, 0.29) is 5.91 Å². The van der Waals surface area contributed by atoms with Crippen LogP contribution in [0.1, 0.15) is 16.1 Å². The van der Waals surface area contributed by atoms with Gasteiger partial charge in [0.1, 0.15) is 5.75 Å². The maximum Gasteiger partial charge on any atom is 0.253 e. The highest BCUT2D eigenvalue weighted by Gasteiger charge is 2.10. The zero-order valence-corrected chi connectivity index (χ0v) is 10.7. The molecule has 0 aliphatic carbocycles. The van der Waals surface area contributed by atoms with Crippen molar-refractivity contribution >= 4 is 22.9 Å². The molecule has 2 rings (SSSR count). The lowest BCUT2D eigenvalue weighted by atomic mass is 10.1. The molecule has 0 atom stereocenters. The Bertz CT molecular complexity index is 540. The second-order valence-corrected chi connectivity index (χ2v) is 4.33. The Morgan fingerprint density at radius 1 is 1.56 bits per heavy atom. The number of benzene rings is 1. The molecule has 6 heteroatoms. The number of ether oxygens (including phenoxy) is 1. The number of hydrogen-bond acceptors (Lipinski definition) is 5. The Morgan fingerprint density at radius 2 is 2.39 bits per heavy atom. The van der Waals surface area contributed by atoms with Crippen LogP contribution in [0.25, 0.3) is 0 Å². The second-order valence-electron chi connectivity index (χ2n) is 3.62. The molecule has 94 valence electrons. The summed E-state index contributed by atoms with van der Waals surface area (Å²) in [5.41, 5.74) is 9.18. The van der Waals surface area contributed by atoms with Gasteiger partial charge in [0.2, 0.25) is 0 Å². The van der Waals surface area contributed by atoms with Crippen molar-refractivity contribution in [1.82, 2.24) is 10.3 Å². The number of carbonyl (C=O) groups is 1. The molecule has 0 fully saturated rings. The molecule has 1 heterocycles. The van der Waals surface area contributed by atoms with E-state index in [1.165, 1.54) is 11.3 Å². The fourth-order valence-electron chi connectivity index (χ4n) is 1.47. The number of nitrogen functional groups attached to an aromatic ring is 1. The van der Waals surface area contributed by atoms with E-state index in [4.69, 9.17) is 10.5 Å². The normalized spacial score (nSPS) is 10.1. The summed E-state index contributed by atoms with van der Waals surface area (Å²) in [5, 5.41) is 4.65. The first kappa shape index (κ1) is 12.4. The summed E-state index contributed by atoms with van der Waals surface area (Å²) in [4.78, 5) is 16.0. The number of nitrogens with two attached hydrogens (primary N) is 1. The van der Waals surface area contributed by atoms with Gasteiger partial charge in [-0.25, -0.2) is 4.98 Å². The topological polar surface area (TPSA) is 77.2 Å². The van der Waals surface area contributed by atoms with E-state index in [0.717, 1.165) is 5.69 Å². The molecule has 0 radical (unpaired) electrons. The molecular weight excluding hydrogens is 250 g/mol. The molecule has 1 amide bonds. The zero-order chi connectivity index (χ0) is 13.0. The first-order valence-electron chi connectivity index (χ1n) is 5.29. The van der Waals surface area contributed by atoms with E-state index in [1.807, 2.05) is 5.38 Å². The van der Waals surface area contributed by atoms with E-state index in [9.17, 15) is 4.79 Å². The van der Waals surface area contributed by atoms with Crippen LogP contribution in [-0.2, 0) is 6.54 Å². The van der Waals surface area contributed by atoms with Crippen molar-refractivity contribution in [2.75, 3.05) is 12.8 Å². The highest BCUT2D eigenvalue weighted by molar-refractivity contribution is 7.07. The minimum atomic E-state index is -0.219. The molecule has 2 aromatic rings. The number of carbonyl (C=O) groups excluding carboxylic acids is 1. The third kappa shape index (κ3) is 2.78. The highest BCUT2D eigenvalue weighted by Crippen LogP contribution is 2.19. The lowest BCUT2D eigenvalue weighted by Crippen LogP contribution is -2.23. The van der Waals surface area contributed by atoms with Crippen LogP contribution in [0.3, 0.4) is 0 Å². The van der Waals surface area contributed by atoms with Crippen molar-refractivity contribution in [2.24, 2.45) is 0 Å². The summed E-state index contributed by atoms with van der Waals surface area (Å²) in [6.45, 7) is 0.397. The van der Waals surface area contributed by atoms with Gasteiger partial charge < -0.3 is 15.8 Å². The fraction of sp³-hybridized carbons (Fsp3) is 0.167. The minimum Gasteiger partial charge on any atom is -0.497 e. The average Bonchev–Trinajstić information content (AvgIpc) is 2.88. The number of methoxy groups -OCH3 is 1. The summed E-state index contributed by atoms with van der Waals surface area (Å²) >= 11 is 1.49. The molecule has 1 aromatic carbocycles. The molecule has 3 N–H and O–H groups in total. The predicted molar refractivity (Wildman–Crippen MR) is 70.7 cm³/mol. The molecule has 0 spiro atoms. The summed E-state index contributed by atoms with van der Waals surface area (Å²) < 4.78 is 5.03. The number of rotatable bonds is 4. The van der Waals surface area contributed by atoms with E-state index in [2.05, 4.69) is 10.3 Å². The Kier molecular flexibility index (Phi) is 3.78. The van der Waals surface area contributed by atoms with Crippen LogP contribution in [0.5, 0.6) is 5.75 Å². The molecule has 18 heavy (non-hydrogen) atoms. The maximum atomic E-state index is 11.9. The zero-order valence-electron chi connectivity index (χ0n) is 9.84. The van der Waals surface area contributed by atoms with Crippen molar-refractivity contribution in [2.45, 2.75) is 6.54 Å². The first-order chi connectivity index (χ1) is 8.70. The number of hydrogen-bond donors (Lipinski definition) is 2. The standard InChI is InChI=1S/C12H13N3O2S/c1-17-9-2-3-10(11(13)4-9)12(16)14-5-8-6-18-7-15-8/h2-4,6-7H,5,13H2,1H3,(H,14,16). The summed E-state index contributed by atoms with van der Waals surface area (Å²) in [7, 11) is 1.55. The molecule has 1 aromatic heterocycles. The summed E-state index contributed by atoms with van der Waals surface area (Å²) in [6.07, 6.45) is 0. The van der Waals surface area contributed by atoms with E-state index < -0.39 is 0 Å². The molecule has 0 bridgehead atoms. The molecule has 0 saturated heterocycles. The van der Waals surface area contributed by atoms with Crippen LogP contribution < -0.4 is 15.8 Å².